The van der Waals surface area contributed by atoms with E-state index >= 15 is 0 Å². The number of nitrogens with one attached hydrogen (secondary N) is 1. The number of aromatic nitrogens is 3. The lowest BCUT2D eigenvalue weighted by atomic mass is 9.90. The Kier molecular flexibility index (Phi) is 6.79. The van der Waals surface area contributed by atoms with Gasteiger partial charge in [0.2, 0.25) is 5.95 Å². The second-order valence-electron chi connectivity index (χ2n) is 8.25. The number of aryl methyl sites for hydroxylation is 2. The summed E-state index contributed by atoms with van der Waals surface area (Å²) in [6, 6.07) is 6.24. The topological polar surface area (TPSA) is 71.0 Å². The van der Waals surface area contributed by atoms with Crippen LogP contribution in [0.4, 0.5) is 10.3 Å². The van der Waals surface area contributed by atoms with Gasteiger partial charge in [0.1, 0.15) is 11.5 Å². The van der Waals surface area contributed by atoms with Crippen LogP contribution >= 0.6 is 11.3 Å². The predicted molar refractivity (Wildman–Crippen MR) is 125 cm³/mol. The van der Waals surface area contributed by atoms with E-state index in [-0.39, 0.29) is 17.8 Å². The van der Waals surface area contributed by atoms with Gasteiger partial charge in [-0.05, 0) is 55.4 Å². The molecule has 168 valence electrons. The number of thiazole rings is 1. The molecule has 2 unspecified atom stereocenters. The molecule has 1 N–H and O–H groups in total. The smallest absolute Gasteiger partial charge is 0.274 e. The highest BCUT2D eigenvalue weighted by Gasteiger charge is 2.34. The van der Waals surface area contributed by atoms with Crippen molar-refractivity contribution < 1.29 is 9.18 Å². The first-order valence-electron chi connectivity index (χ1n) is 11.1. The monoisotopic (exact) mass is 453 g/mol. The second-order valence-corrected chi connectivity index (χ2v) is 9.46. The SMILES string of the molecule is CCc1cnc(NCC2C(C)CCCN2C(=O)c2nc(C)sc2-c2ccc(F)cc2)nc1. The van der Waals surface area contributed by atoms with E-state index in [9.17, 15) is 9.18 Å². The third-order valence-electron chi connectivity index (χ3n) is 6.00. The van der Waals surface area contributed by atoms with Crippen molar-refractivity contribution in [2.45, 2.75) is 46.1 Å². The lowest BCUT2D eigenvalue weighted by Crippen LogP contribution is -2.51. The fourth-order valence-corrected chi connectivity index (χ4v) is 5.06. The highest BCUT2D eigenvalue weighted by atomic mass is 32.1. The lowest BCUT2D eigenvalue weighted by molar-refractivity contribution is 0.0535. The molecule has 2 atom stereocenters. The van der Waals surface area contributed by atoms with Crippen LogP contribution in [0.25, 0.3) is 10.4 Å². The van der Waals surface area contributed by atoms with Gasteiger partial charge in [0, 0.05) is 25.5 Å². The summed E-state index contributed by atoms with van der Waals surface area (Å²) in [5, 5.41) is 4.13. The van der Waals surface area contributed by atoms with Crippen molar-refractivity contribution in [3.05, 3.63) is 58.7 Å². The molecule has 3 heterocycles. The van der Waals surface area contributed by atoms with E-state index in [1.807, 2.05) is 24.2 Å². The molecule has 1 saturated heterocycles. The quantitative estimate of drug-likeness (QED) is 0.571. The molecule has 0 spiro atoms. The van der Waals surface area contributed by atoms with Crippen LogP contribution < -0.4 is 5.32 Å². The summed E-state index contributed by atoms with van der Waals surface area (Å²) in [5.74, 6) is 0.537. The zero-order valence-corrected chi connectivity index (χ0v) is 19.5. The highest BCUT2D eigenvalue weighted by molar-refractivity contribution is 7.15. The number of nitrogens with zero attached hydrogens (tertiary/aromatic N) is 4. The molecule has 8 heteroatoms. The fraction of sp³-hybridized carbons (Fsp3) is 0.417. The molecule has 6 nitrogen and oxygen atoms in total. The van der Waals surface area contributed by atoms with Gasteiger partial charge in [-0.25, -0.2) is 19.3 Å². The third-order valence-corrected chi connectivity index (χ3v) is 7.02. The lowest BCUT2D eigenvalue weighted by Gasteiger charge is -2.40. The van der Waals surface area contributed by atoms with Gasteiger partial charge < -0.3 is 10.2 Å². The van der Waals surface area contributed by atoms with Crippen LogP contribution in [0, 0.1) is 18.7 Å². The number of anilines is 1. The van der Waals surface area contributed by atoms with Gasteiger partial charge in [0.05, 0.1) is 15.9 Å². The number of benzene rings is 1. The molecule has 1 aliphatic rings. The molecular formula is C24H28FN5OS. The summed E-state index contributed by atoms with van der Waals surface area (Å²) in [6.45, 7) is 7.40. The maximum atomic E-state index is 13.7. The molecule has 1 aliphatic heterocycles. The molecule has 0 aliphatic carbocycles. The summed E-state index contributed by atoms with van der Waals surface area (Å²) in [5.41, 5.74) is 2.34. The fourth-order valence-electron chi connectivity index (χ4n) is 4.14. The maximum Gasteiger partial charge on any atom is 0.274 e. The van der Waals surface area contributed by atoms with Gasteiger partial charge in [-0.2, -0.15) is 0 Å². The van der Waals surface area contributed by atoms with Crippen LogP contribution in [0.3, 0.4) is 0 Å². The average molecular weight is 454 g/mol. The first-order chi connectivity index (χ1) is 15.5. The molecule has 1 amide bonds. The van der Waals surface area contributed by atoms with Crippen molar-refractivity contribution in [3.63, 3.8) is 0 Å². The van der Waals surface area contributed by atoms with Crippen LogP contribution in [0.2, 0.25) is 0 Å². The van der Waals surface area contributed by atoms with Crippen LogP contribution in [-0.4, -0.2) is 44.9 Å². The number of carbonyl (C=O) groups is 1. The van der Waals surface area contributed by atoms with Crippen molar-refractivity contribution in [1.82, 2.24) is 19.9 Å². The van der Waals surface area contributed by atoms with Gasteiger partial charge in [-0.1, -0.05) is 26.0 Å². The van der Waals surface area contributed by atoms with E-state index in [0.717, 1.165) is 40.3 Å². The van der Waals surface area contributed by atoms with Crippen LogP contribution in [0.5, 0.6) is 0 Å². The summed E-state index contributed by atoms with van der Waals surface area (Å²) < 4.78 is 13.4. The molecule has 4 rings (SSSR count). The van der Waals surface area contributed by atoms with Gasteiger partial charge in [0.15, 0.2) is 0 Å². The van der Waals surface area contributed by atoms with Crippen molar-refractivity contribution >= 4 is 23.2 Å². The Morgan fingerprint density at radius 2 is 1.97 bits per heavy atom. The number of piperidine rings is 1. The molecule has 0 radical (unpaired) electrons. The van der Waals surface area contributed by atoms with E-state index < -0.39 is 0 Å². The molecule has 1 aromatic carbocycles. The van der Waals surface area contributed by atoms with Crippen molar-refractivity contribution in [1.29, 1.82) is 0 Å². The number of hydrogen-bond acceptors (Lipinski definition) is 6. The Bertz CT molecular complexity index is 1070. The Balaban J connectivity index is 1.56. The highest BCUT2D eigenvalue weighted by Crippen LogP contribution is 2.33. The van der Waals surface area contributed by atoms with E-state index in [1.54, 1.807) is 12.1 Å². The first-order valence-corrected chi connectivity index (χ1v) is 11.9. The maximum absolute atomic E-state index is 13.7. The standard InChI is InChI=1S/C24H28FN5OS/c1-4-17-12-26-24(27-13-17)28-14-20-15(2)6-5-11-30(20)23(31)21-22(32-16(3)29-21)18-7-9-19(25)10-8-18/h7-10,12-13,15,20H,4-6,11,14H2,1-3H3,(H,26,27,28). The van der Waals surface area contributed by atoms with E-state index in [2.05, 4.69) is 34.1 Å². The van der Waals surface area contributed by atoms with Gasteiger partial charge in [-0.3, -0.25) is 4.79 Å². The molecule has 32 heavy (non-hydrogen) atoms. The molecule has 0 saturated carbocycles. The second kappa shape index (κ2) is 9.73. The Labute approximate surface area is 191 Å². The van der Waals surface area contributed by atoms with Gasteiger partial charge >= 0.3 is 0 Å². The predicted octanol–water partition coefficient (Wildman–Crippen LogP) is 4.96. The average Bonchev–Trinajstić information content (AvgIpc) is 3.20. The van der Waals surface area contributed by atoms with Gasteiger partial charge in [-0.15, -0.1) is 11.3 Å². The molecule has 3 aromatic rings. The van der Waals surface area contributed by atoms with Crippen LogP contribution in [-0.2, 0) is 6.42 Å². The molecule has 1 fully saturated rings. The molecule has 0 bridgehead atoms. The van der Waals surface area contributed by atoms with Crippen LogP contribution in [0.1, 0.15) is 47.7 Å². The zero-order chi connectivity index (χ0) is 22.7. The Hall–Kier alpha value is -2.87. The number of carbonyl (C=O) groups excluding carboxylic acids is 1. The first kappa shape index (κ1) is 22.3. The minimum absolute atomic E-state index is 0.00813. The minimum Gasteiger partial charge on any atom is -0.352 e. The Morgan fingerprint density at radius 1 is 1.25 bits per heavy atom. The zero-order valence-electron chi connectivity index (χ0n) is 18.6. The summed E-state index contributed by atoms with van der Waals surface area (Å²) >= 11 is 1.46. The number of hydrogen-bond donors (Lipinski definition) is 1. The molecule has 2 aromatic heterocycles. The van der Waals surface area contributed by atoms with Crippen molar-refractivity contribution in [3.8, 4) is 10.4 Å². The Morgan fingerprint density at radius 3 is 2.66 bits per heavy atom. The van der Waals surface area contributed by atoms with Crippen molar-refractivity contribution in [2.75, 3.05) is 18.4 Å². The van der Waals surface area contributed by atoms with Crippen molar-refractivity contribution in [2.24, 2.45) is 5.92 Å². The molecular weight excluding hydrogens is 425 g/mol. The van der Waals surface area contributed by atoms with E-state index in [4.69, 9.17) is 0 Å². The summed E-state index contributed by atoms with van der Waals surface area (Å²) in [6.07, 6.45) is 6.57. The van der Waals surface area contributed by atoms with E-state index in [0.29, 0.717) is 30.6 Å². The van der Waals surface area contributed by atoms with E-state index in [1.165, 1.54) is 23.5 Å². The summed E-state index contributed by atoms with van der Waals surface area (Å²) in [4.78, 5) is 29.7. The number of halogens is 1. The van der Waals surface area contributed by atoms with Crippen LogP contribution in [0.15, 0.2) is 36.7 Å². The summed E-state index contributed by atoms with van der Waals surface area (Å²) in [7, 11) is 0. The number of likely N-dealkylation sites (tertiary alicyclic amines) is 1. The third kappa shape index (κ3) is 4.80. The number of amides is 1. The minimum atomic E-state index is -0.298. The van der Waals surface area contributed by atoms with Gasteiger partial charge in [0.25, 0.3) is 5.91 Å². The number of rotatable bonds is 6. The normalized spacial score (nSPS) is 18.6. The largest absolute Gasteiger partial charge is 0.352 e.